The third-order valence-corrected chi connectivity index (χ3v) is 8.59. The number of nitrogens with one attached hydrogen (secondary N) is 1. The quantitative estimate of drug-likeness (QED) is 0.342. The number of aliphatic hydroxyl groups is 1. The van der Waals surface area contributed by atoms with Crippen LogP contribution in [0.3, 0.4) is 0 Å². The van der Waals surface area contributed by atoms with Crippen molar-refractivity contribution in [3.05, 3.63) is 40.0 Å². The molecule has 1 aromatic carbocycles. The van der Waals surface area contributed by atoms with Crippen molar-refractivity contribution in [2.24, 2.45) is 5.41 Å². The topological polar surface area (TPSA) is 120 Å². The molecule has 0 radical (unpaired) electrons. The highest BCUT2D eigenvalue weighted by molar-refractivity contribution is 7.17. The van der Waals surface area contributed by atoms with E-state index >= 15 is 0 Å². The second kappa shape index (κ2) is 10.7. The van der Waals surface area contributed by atoms with Crippen LogP contribution in [0.1, 0.15) is 70.4 Å². The molecule has 2 amide bonds. The third kappa shape index (κ3) is 5.43. The molecule has 8 nitrogen and oxygen atoms in total. The number of nitrogens with zero attached hydrogens (tertiary/aromatic N) is 2. The number of rotatable bonds is 8. The van der Waals surface area contributed by atoms with Gasteiger partial charge in [0.15, 0.2) is 5.01 Å². The van der Waals surface area contributed by atoms with Crippen LogP contribution >= 0.6 is 11.3 Å². The SMILES string of the molecule is C[C@H]1CCCN1C(=O)c1nc(C(=O)NCC2(C(=O)O)CC2)sc1-c1ccc(C(O)(C(F)(F)F)C(F)(F)F)cc1C(F)F. The summed E-state index contributed by atoms with van der Waals surface area (Å²) >= 11 is 0.386. The number of amides is 2. The molecule has 1 aliphatic carbocycles. The van der Waals surface area contributed by atoms with Crippen LogP contribution in [0.5, 0.6) is 0 Å². The highest BCUT2D eigenvalue weighted by Crippen LogP contribution is 2.51. The summed E-state index contributed by atoms with van der Waals surface area (Å²) in [6.45, 7) is 1.64. The number of carboxylic acid groups (broad SMARTS) is 1. The molecule has 1 atom stereocenters. The lowest BCUT2D eigenvalue weighted by Gasteiger charge is -2.33. The van der Waals surface area contributed by atoms with Gasteiger partial charge in [0.05, 0.1) is 10.3 Å². The molecule has 0 unspecified atom stereocenters. The van der Waals surface area contributed by atoms with Gasteiger partial charge in [0.25, 0.3) is 23.8 Å². The lowest BCUT2D eigenvalue weighted by molar-refractivity contribution is -0.376. The van der Waals surface area contributed by atoms with Gasteiger partial charge in [0, 0.05) is 35.8 Å². The van der Waals surface area contributed by atoms with Gasteiger partial charge < -0.3 is 20.4 Å². The van der Waals surface area contributed by atoms with Crippen LogP contribution in [-0.4, -0.2) is 69.4 Å². The number of alkyl halides is 8. The summed E-state index contributed by atoms with van der Waals surface area (Å²) in [6, 6.07) is 0.178. The molecule has 0 bridgehead atoms. The second-order valence-electron chi connectivity index (χ2n) is 10.3. The zero-order chi connectivity index (χ0) is 31.4. The summed E-state index contributed by atoms with van der Waals surface area (Å²) in [4.78, 5) is 42.6. The Bertz CT molecular complexity index is 1390. The number of halogens is 8. The summed E-state index contributed by atoms with van der Waals surface area (Å²) in [5.41, 5.74) is -11.2. The van der Waals surface area contributed by atoms with Crippen LogP contribution in [0.4, 0.5) is 35.1 Å². The van der Waals surface area contributed by atoms with Crippen molar-refractivity contribution in [3.8, 4) is 10.4 Å². The van der Waals surface area contributed by atoms with Gasteiger partial charge in [0.1, 0.15) is 5.69 Å². The molecule has 2 aromatic rings. The Morgan fingerprint density at radius 3 is 2.24 bits per heavy atom. The van der Waals surface area contributed by atoms with Gasteiger partial charge >= 0.3 is 18.3 Å². The lowest BCUT2D eigenvalue weighted by atomic mass is 9.89. The molecule has 0 spiro atoms. The summed E-state index contributed by atoms with van der Waals surface area (Å²) in [5.74, 6) is -2.91. The number of carbonyl (C=O) groups is 3. The van der Waals surface area contributed by atoms with Crippen molar-refractivity contribution in [1.29, 1.82) is 0 Å². The Morgan fingerprint density at radius 2 is 1.76 bits per heavy atom. The zero-order valence-corrected chi connectivity index (χ0v) is 22.4. The first kappa shape index (κ1) is 31.6. The van der Waals surface area contributed by atoms with E-state index in [1.807, 2.05) is 0 Å². The number of carbonyl (C=O) groups excluding carboxylic acids is 2. The molecule has 2 aliphatic rings. The van der Waals surface area contributed by atoms with Gasteiger partial charge in [-0.1, -0.05) is 12.1 Å². The molecule has 1 saturated heterocycles. The summed E-state index contributed by atoms with van der Waals surface area (Å²) in [5, 5.41) is 20.9. The Morgan fingerprint density at radius 1 is 1.14 bits per heavy atom. The Hall–Kier alpha value is -3.34. The predicted molar refractivity (Wildman–Crippen MR) is 130 cm³/mol. The molecule has 4 rings (SSSR count). The molecule has 42 heavy (non-hydrogen) atoms. The van der Waals surface area contributed by atoms with Crippen molar-refractivity contribution in [2.45, 2.75) is 63.0 Å². The molecule has 1 aromatic heterocycles. The normalized spacial score (nSPS) is 18.8. The van der Waals surface area contributed by atoms with E-state index < -0.39 is 79.8 Å². The number of benzene rings is 1. The maximum atomic E-state index is 14.2. The monoisotopic (exact) mass is 629 g/mol. The van der Waals surface area contributed by atoms with Gasteiger partial charge in [-0.05, 0) is 38.7 Å². The van der Waals surface area contributed by atoms with E-state index in [0.29, 0.717) is 30.2 Å². The van der Waals surface area contributed by atoms with E-state index in [1.165, 1.54) is 4.90 Å². The second-order valence-corrected chi connectivity index (χ2v) is 11.3. The average Bonchev–Trinajstić information content (AvgIpc) is 3.37. The minimum Gasteiger partial charge on any atom is -0.481 e. The highest BCUT2D eigenvalue weighted by Gasteiger charge is 2.71. The maximum Gasteiger partial charge on any atom is 0.430 e. The van der Waals surface area contributed by atoms with Crippen LogP contribution in [0.2, 0.25) is 0 Å². The molecule has 3 N–H and O–H groups in total. The standard InChI is InChI=1S/C25H23F8N3O5S/c1-11-3-2-8-36(11)20(38)15-16(42-19(35-15)18(37)34-10-22(6-7-22)21(39)40)13-5-4-12(9-14(13)17(26)27)23(41,24(28,29)30)25(31,32)33/h4-5,9,11,17,41H,2-3,6-8,10H2,1H3,(H,34,37)(H,39,40)/t11-/m0/s1. The predicted octanol–water partition coefficient (Wildman–Crippen LogP) is 5.28. The summed E-state index contributed by atoms with van der Waals surface area (Å²) in [7, 11) is 0. The van der Waals surface area contributed by atoms with Gasteiger partial charge in [-0.3, -0.25) is 14.4 Å². The van der Waals surface area contributed by atoms with Crippen molar-refractivity contribution in [1.82, 2.24) is 15.2 Å². The first-order chi connectivity index (χ1) is 19.3. The molecule has 230 valence electrons. The fourth-order valence-electron chi connectivity index (χ4n) is 4.72. The van der Waals surface area contributed by atoms with Crippen LogP contribution in [0.15, 0.2) is 18.2 Å². The minimum absolute atomic E-state index is 0.142. The van der Waals surface area contributed by atoms with E-state index in [2.05, 4.69) is 10.3 Å². The van der Waals surface area contributed by atoms with Crippen molar-refractivity contribution < 1.29 is 59.7 Å². The number of hydrogen-bond donors (Lipinski definition) is 3. The minimum atomic E-state index is -6.33. The molecule has 1 aliphatic heterocycles. The zero-order valence-electron chi connectivity index (χ0n) is 21.6. The Balaban J connectivity index is 1.83. The number of likely N-dealkylation sites (tertiary alicyclic amines) is 1. The number of carboxylic acids is 1. The molecular weight excluding hydrogens is 606 g/mol. The van der Waals surface area contributed by atoms with E-state index in [1.54, 1.807) is 6.92 Å². The summed E-state index contributed by atoms with van der Waals surface area (Å²) in [6.07, 6.45) is -14.6. The van der Waals surface area contributed by atoms with Crippen LogP contribution < -0.4 is 5.32 Å². The smallest absolute Gasteiger partial charge is 0.430 e. The van der Waals surface area contributed by atoms with E-state index in [-0.39, 0.29) is 44.1 Å². The lowest BCUT2D eigenvalue weighted by Crippen LogP contribution is -2.54. The maximum absolute atomic E-state index is 14.2. The molecule has 1 saturated carbocycles. The van der Waals surface area contributed by atoms with Crippen LogP contribution in [0, 0.1) is 5.41 Å². The van der Waals surface area contributed by atoms with Gasteiger partial charge in [0.2, 0.25) is 0 Å². The van der Waals surface area contributed by atoms with E-state index in [9.17, 15) is 59.7 Å². The average molecular weight is 630 g/mol. The van der Waals surface area contributed by atoms with E-state index in [0.717, 1.165) is 0 Å². The number of aliphatic carboxylic acids is 1. The first-order valence-corrected chi connectivity index (χ1v) is 13.3. The largest absolute Gasteiger partial charge is 0.481 e. The highest BCUT2D eigenvalue weighted by atomic mass is 32.1. The Kier molecular flexibility index (Phi) is 8.08. The van der Waals surface area contributed by atoms with Gasteiger partial charge in [-0.2, -0.15) is 26.3 Å². The fraction of sp³-hybridized carbons (Fsp3) is 0.520. The van der Waals surface area contributed by atoms with Crippen molar-refractivity contribution >= 4 is 29.1 Å². The van der Waals surface area contributed by atoms with E-state index in [4.69, 9.17) is 0 Å². The number of aromatic nitrogens is 1. The summed E-state index contributed by atoms with van der Waals surface area (Å²) < 4.78 is 109. The van der Waals surface area contributed by atoms with Crippen molar-refractivity contribution in [3.63, 3.8) is 0 Å². The van der Waals surface area contributed by atoms with Gasteiger partial charge in [-0.15, -0.1) is 11.3 Å². The van der Waals surface area contributed by atoms with Gasteiger partial charge in [-0.25, -0.2) is 13.8 Å². The number of hydrogen-bond acceptors (Lipinski definition) is 6. The third-order valence-electron chi connectivity index (χ3n) is 7.50. The first-order valence-electron chi connectivity index (χ1n) is 12.5. The fourth-order valence-corrected chi connectivity index (χ4v) is 5.74. The molecule has 2 heterocycles. The Labute approximate surface area is 236 Å². The molecular formula is C25H23F8N3O5S. The van der Waals surface area contributed by atoms with Crippen molar-refractivity contribution in [2.75, 3.05) is 13.1 Å². The number of thiazole rings is 1. The van der Waals surface area contributed by atoms with Crippen LogP contribution in [0.25, 0.3) is 10.4 Å². The molecule has 2 fully saturated rings. The van der Waals surface area contributed by atoms with Crippen LogP contribution in [-0.2, 0) is 10.4 Å². The molecule has 17 heteroatoms.